The summed E-state index contributed by atoms with van der Waals surface area (Å²) in [6, 6.07) is 11.9. The summed E-state index contributed by atoms with van der Waals surface area (Å²) in [5, 5.41) is 7.16. The van der Waals surface area contributed by atoms with E-state index in [-0.39, 0.29) is 18.4 Å². The Balaban J connectivity index is 1.28. The van der Waals surface area contributed by atoms with Crippen LogP contribution >= 0.6 is 0 Å². The Morgan fingerprint density at radius 3 is 2.88 bits per heavy atom. The van der Waals surface area contributed by atoms with Gasteiger partial charge in [0.2, 0.25) is 5.91 Å². The minimum atomic E-state index is 0.0289. The Morgan fingerprint density at radius 1 is 1.25 bits per heavy atom. The summed E-state index contributed by atoms with van der Waals surface area (Å²) in [5.74, 6) is 1.64. The maximum Gasteiger partial charge on any atom is 0.226 e. The highest BCUT2D eigenvalue weighted by molar-refractivity contribution is 5.78. The van der Waals surface area contributed by atoms with Crippen LogP contribution in [-0.4, -0.2) is 41.6 Å². The molecule has 1 N–H and O–H groups in total. The van der Waals surface area contributed by atoms with E-state index in [0.717, 1.165) is 31.0 Å². The van der Waals surface area contributed by atoms with Crippen molar-refractivity contribution >= 4 is 5.91 Å². The van der Waals surface area contributed by atoms with E-state index in [1.165, 1.54) is 19.4 Å². The number of aromatic nitrogens is 1. The summed E-state index contributed by atoms with van der Waals surface area (Å²) >= 11 is 0. The lowest BCUT2D eigenvalue weighted by Crippen LogP contribution is -2.38. The topological polar surface area (TPSA) is 58.4 Å². The number of benzene rings is 1. The van der Waals surface area contributed by atoms with Crippen molar-refractivity contribution in [2.24, 2.45) is 5.92 Å². The fourth-order valence-electron chi connectivity index (χ4n) is 3.36. The Labute approximate surface area is 142 Å². The summed E-state index contributed by atoms with van der Waals surface area (Å²) in [4.78, 5) is 14.7. The number of likely N-dealkylation sites (tertiary alicyclic amines) is 1. The first-order chi connectivity index (χ1) is 11.8. The number of carbonyl (C=O) groups excluding carboxylic acids is 1. The van der Waals surface area contributed by atoms with E-state index in [9.17, 15) is 4.79 Å². The minimum absolute atomic E-state index is 0.0289. The van der Waals surface area contributed by atoms with Crippen LogP contribution in [0.25, 0.3) is 11.3 Å². The number of nitrogens with one attached hydrogen (secondary N) is 1. The van der Waals surface area contributed by atoms with Crippen LogP contribution in [0.1, 0.15) is 25.0 Å². The SMILES string of the molecule is O=C(Cc1cc(-c2ccccc2)on1)NC1CCN(CC2CC2)C1. The molecular formula is C19H23N3O2. The van der Waals surface area contributed by atoms with Gasteiger partial charge in [-0.2, -0.15) is 0 Å². The van der Waals surface area contributed by atoms with Gasteiger partial charge in [-0.05, 0) is 25.2 Å². The molecule has 126 valence electrons. The zero-order valence-electron chi connectivity index (χ0n) is 13.8. The molecule has 24 heavy (non-hydrogen) atoms. The number of amides is 1. The second-order valence-corrected chi connectivity index (χ2v) is 6.98. The van der Waals surface area contributed by atoms with Crippen LogP contribution in [0.5, 0.6) is 0 Å². The number of hydrogen-bond acceptors (Lipinski definition) is 4. The van der Waals surface area contributed by atoms with Gasteiger partial charge in [0.1, 0.15) is 0 Å². The number of rotatable bonds is 6. The Kier molecular flexibility index (Phi) is 4.34. The van der Waals surface area contributed by atoms with Crippen molar-refractivity contribution in [2.75, 3.05) is 19.6 Å². The van der Waals surface area contributed by atoms with E-state index >= 15 is 0 Å². The van der Waals surface area contributed by atoms with Gasteiger partial charge in [0.15, 0.2) is 5.76 Å². The minimum Gasteiger partial charge on any atom is -0.356 e. The molecule has 1 saturated heterocycles. The lowest BCUT2D eigenvalue weighted by molar-refractivity contribution is -0.121. The van der Waals surface area contributed by atoms with E-state index in [1.807, 2.05) is 36.4 Å². The fraction of sp³-hybridized carbons (Fsp3) is 0.474. The molecule has 1 amide bonds. The molecule has 1 atom stereocenters. The van der Waals surface area contributed by atoms with Crippen molar-refractivity contribution in [3.63, 3.8) is 0 Å². The summed E-state index contributed by atoms with van der Waals surface area (Å²) in [6.45, 7) is 3.29. The maximum atomic E-state index is 12.2. The second-order valence-electron chi connectivity index (χ2n) is 6.98. The average Bonchev–Trinajstić information content (AvgIpc) is 3.09. The molecule has 5 heteroatoms. The highest BCUT2D eigenvalue weighted by Crippen LogP contribution is 2.30. The van der Waals surface area contributed by atoms with Crippen LogP contribution in [0.2, 0.25) is 0 Å². The smallest absolute Gasteiger partial charge is 0.226 e. The maximum absolute atomic E-state index is 12.2. The van der Waals surface area contributed by atoms with E-state index in [2.05, 4.69) is 15.4 Å². The Bertz CT molecular complexity index is 694. The fourth-order valence-corrected chi connectivity index (χ4v) is 3.36. The summed E-state index contributed by atoms with van der Waals surface area (Å²) in [7, 11) is 0. The van der Waals surface area contributed by atoms with Crippen molar-refractivity contribution in [3.05, 3.63) is 42.1 Å². The lowest BCUT2D eigenvalue weighted by atomic mass is 10.1. The third-order valence-corrected chi connectivity index (χ3v) is 4.81. The van der Waals surface area contributed by atoms with Crippen LogP contribution in [0.4, 0.5) is 0 Å². The van der Waals surface area contributed by atoms with Crippen molar-refractivity contribution < 1.29 is 9.32 Å². The van der Waals surface area contributed by atoms with Crippen molar-refractivity contribution in [1.82, 2.24) is 15.4 Å². The highest BCUT2D eigenvalue weighted by Gasteiger charge is 2.29. The number of hydrogen-bond donors (Lipinski definition) is 1. The predicted octanol–water partition coefficient (Wildman–Crippen LogP) is 2.48. The Morgan fingerprint density at radius 2 is 2.08 bits per heavy atom. The lowest BCUT2D eigenvalue weighted by Gasteiger charge is -2.16. The standard InChI is InChI=1S/C19H23N3O2/c23-19(20-16-8-9-22(13-16)12-14-6-7-14)11-17-10-18(24-21-17)15-4-2-1-3-5-15/h1-5,10,14,16H,6-9,11-13H2,(H,20,23). The molecule has 2 aliphatic rings. The van der Waals surface area contributed by atoms with Gasteiger partial charge in [-0.15, -0.1) is 0 Å². The van der Waals surface area contributed by atoms with Crippen molar-refractivity contribution in [3.8, 4) is 11.3 Å². The second kappa shape index (κ2) is 6.77. The largest absolute Gasteiger partial charge is 0.356 e. The zero-order valence-corrected chi connectivity index (χ0v) is 13.8. The van der Waals surface area contributed by atoms with Gasteiger partial charge in [-0.1, -0.05) is 35.5 Å². The van der Waals surface area contributed by atoms with E-state index in [0.29, 0.717) is 11.5 Å². The van der Waals surface area contributed by atoms with E-state index in [1.54, 1.807) is 0 Å². The van der Waals surface area contributed by atoms with E-state index in [4.69, 9.17) is 4.52 Å². The van der Waals surface area contributed by atoms with Gasteiger partial charge in [-0.3, -0.25) is 4.79 Å². The third kappa shape index (κ3) is 3.85. The molecule has 1 aliphatic heterocycles. The van der Waals surface area contributed by atoms with Crippen LogP contribution in [0, 0.1) is 5.92 Å². The molecule has 0 radical (unpaired) electrons. The monoisotopic (exact) mass is 325 g/mol. The quantitative estimate of drug-likeness (QED) is 0.886. The molecule has 1 aliphatic carbocycles. The molecule has 4 rings (SSSR count). The van der Waals surface area contributed by atoms with Gasteiger partial charge in [-0.25, -0.2) is 0 Å². The molecule has 2 heterocycles. The van der Waals surface area contributed by atoms with Crippen LogP contribution in [0.3, 0.4) is 0 Å². The molecule has 0 bridgehead atoms. The molecule has 0 spiro atoms. The van der Waals surface area contributed by atoms with Gasteiger partial charge < -0.3 is 14.7 Å². The zero-order chi connectivity index (χ0) is 16.4. The van der Waals surface area contributed by atoms with Gasteiger partial charge in [0, 0.05) is 37.3 Å². The summed E-state index contributed by atoms with van der Waals surface area (Å²) in [5.41, 5.74) is 1.65. The Hall–Kier alpha value is -2.14. The molecule has 1 saturated carbocycles. The van der Waals surface area contributed by atoms with Crippen LogP contribution < -0.4 is 5.32 Å². The van der Waals surface area contributed by atoms with Gasteiger partial charge in [0.05, 0.1) is 12.1 Å². The molecule has 5 nitrogen and oxygen atoms in total. The first kappa shape index (κ1) is 15.4. The average molecular weight is 325 g/mol. The van der Waals surface area contributed by atoms with Crippen molar-refractivity contribution in [1.29, 1.82) is 0 Å². The van der Waals surface area contributed by atoms with Crippen molar-refractivity contribution in [2.45, 2.75) is 31.7 Å². The predicted molar refractivity (Wildman–Crippen MR) is 91.4 cm³/mol. The summed E-state index contributed by atoms with van der Waals surface area (Å²) < 4.78 is 5.35. The molecule has 2 fully saturated rings. The van der Waals surface area contributed by atoms with Crippen LogP contribution in [0.15, 0.2) is 40.9 Å². The van der Waals surface area contributed by atoms with E-state index < -0.39 is 0 Å². The van der Waals surface area contributed by atoms with Gasteiger partial charge in [0.25, 0.3) is 0 Å². The molecular weight excluding hydrogens is 302 g/mol. The molecule has 1 aromatic carbocycles. The number of nitrogens with zero attached hydrogens (tertiary/aromatic N) is 2. The first-order valence-electron chi connectivity index (χ1n) is 8.79. The molecule has 1 unspecified atom stereocenters. The van der Waals surface area contributed by atoms with Crippen LogP contribution in [-0.2, 0) is 11.2 Å². The first-order valence-corrected chi connectivity index (χ1v) is 8.79. The third-order valence-electron chi connectivity index (χ3n) is 4.81. The van der Waals surface area contributed by atoms with Gasteiger partial charge >= 0.3 is 0 Å². The number of carbonyl (C=O) groups is 1. The molecule has 2 aromatic rings. The summed E-state index contributed by atoms with van der Waals surface area (Å²) in [6.07, 6.45) is 4.08. The highest BCUT2D eigenvalue weighted by atomic mass is 16.5. The molecule has 1 aromatic heterocycles. The normalized spacial score (nSPS) is 21.1.